The summed E-state index contributed by atoms with van der Waals surface area (Å²) in [5, 5.41) is 24.8. The summed E-state index contributed by atoms with van der Waals surface area (Å²) >= 11 is 0. The molecule has 9 heteroatoms. The molecule has 2 N–H and O–H groups in total. The summed E-state index contributed by atoms with van der Waals surface area (Å²) < 4.78 is 0. The highest BCUT2D eigenvalue weighted by atomic mass is 16.6. The number of amides is 2. The normalized spacial score (nSPS) is 24.7. The van der Waals surface area contributed by atoms with Gasteiger partial charge in [-0.3, -0.25) is 29.8 Å². The van der Waals surface area contributed by atoms with Crippen molar-refractivity contribution in [2.75, 3.05) is 4.90 Å². The molecule has 9 nitrogen and oxygen atoms in total. The molecular formula is C29H25N3O6. The number of nitrogens with zero attached hydrogens (tertiary/aromatic N) is 2. The van der Waals surface area contributed by atoms with Gasteiger partial charge in [0.2, 0.25) is 11.8 Å². The van der Waals surface area contributed by atoms with E-state index in [0.29, 0.717) is 11.3 Å². The highest BCUT2D eigenvalue weighted by Gasteiger charge is 2.68. The molecule has 0 aliphatic carbocycles. The zero-order valence-electron chi connectivity index (χ0n) is 20.5. The first kappa shape index (κ1) is 25.0. The number of anilines is 1. The maximum absolute atomic E-state index is 13.9. The van der Waals surface area contributed by atoms with Gasteiger partial charge in [0.05, 0.1) is 22.4 Å². The summed E-state index contributed by atoms with van der Waals surface area (Å²) in [5.41, 5.74) is 0.563. The first-order chi connectivity index (χ1) is 18.2. The third kappa shape index (κ3) is 4.16. The lowest BCUT2D eigenvalue weighted by atomic mass is 9.76. The van der Waals surface area contributed by atoms with Crippen LogP contribution in [0.1, 0.15) is 16.7 Å². The van der Waals surface area contributed by atoms with E-state index >= 15 is 0 Å². The van der Waals surface area contributed by atoms with E-state index in [-0.39, 0.29) is 12.1 Å². The molecule has 38 heavy (non-hydrogen) atoms. The minimum Gasteiger partial charge on any atom is -0.480 e. The van der Waals surface area contributed by atoms with Gasteiger partial charge in [-0.15, -0.1) is 0 Å². The number of rotatable bonds is 7. The number of imide groups is 1. The summed E-state index contributed by atoms with van der Waals surface area (Å²) in [7, 11) is 0. The van der Waals surface area contributed by atoms with Crippen molar-refractivity contribution in [2.24, 2.45) is 11.8 Å². The van der Waals surface area contributed by atoms with Crippen LogP contribution in [-0.2, 0) is 20.8 Å². The molecule has 5 rings (SSSR count). The smallest absolute Gasteiger partial charge is 0.325 e. The summed E-state index contributed by atoms with van der Waals surface area (Å²) in [6, 6.07) is 21.2. The number of nitro groups is 1. The molecule has 0 aromatic heterocycles. The molecule has 2 amide bonds. The molecule has 3 aromatic carbocycles. The molecule has 0 saturated carbocycles. The Hall–Kier alpha value is -4.63. The van der Waals surface area contributed by atoms with Crippen molar-refractivity contribution in [1.82, 2.24) is 5.32 Å². The quantitative estimate of drug-likeness (QED) is 0.281. The molecular weight excluding hydrogens is 486 g/mol. The number of carbonyl (C=O) groups excluding carboxylic acids is 2. The standard InChI is InChI=1S/C29H25N3O6/c1-18-7-5-6-10-23(18)31-26(33)24-22(16-13-19-8-3-2-4-9-19)30-29(28(35)36,25(24)27(31)34)17-20-11-14-21(15-12-20)32(37)38/h2-16,22,24-25,30H,17H2,1H3,(H,35,36)/b16-13+. The van der Waals surface area contributed by atoms with Crippen molar-refractivity contribution >= 4 is 35.2 Å². The molecule has 2 heterocycles. The van der Waals surface area contributed by atoms with Crippen LogP contribution in [0.15, 0.2) is 84.9 Å². The molecule has 2 aliphatic rings. The van der Waals surface area contributed by atoms with Crippen LogP contribution >= 0.6 is 0 Å². The first-order valence-corrected chi connectivity index (χ1v) is 12.1. The van der Waals surface area contributed by atoms with Crippen molar-refractivity contribution in [3.8, 4) is 0 Å². The van der Waals surface area contributed by atoms with E-state index in [2.05, 4.69) is 5.32 Å². The second-order valence-corrected chi connectivity index (χ2v) is 9.62. The molecule has 2 fully saturated rings. The van der Waals surface area contributed by atoms with Crippen molar-refractivity contribution in [2.45, 2.75) is 24.9 Å². The molecule has 0 bridgehead atoms. The average molecular weight is 512 g/mol. The zero-order chi connectivity index (χ0) is 27.0. The number of nitrogens with one attached hydrogen (secondary N) is 1. The third-order valence-electron chi connectivity index (χ3n) is 7.36. The Labute approximate surface area is 218 Å². The van der Waals surface area contributed by atoms with Gasteiger partial charge in [0.15, 0.2) is 0 Å². The Balaban J connectivity index is 1.60. The number of carboxylic acid groups (broad SMARTS) is 1. The van der Waals surface area contributed by atoms with Crippen molar-refractivity contribution in [3.63, 3.8) is 0 Å². The van der Waals surface area contributed by atoms with Gasteiger partial charge in [-0.25, -0.2) is 4.90 Å². The number of non-ortho nitro benzene ring substituents is 1. The number of carbonyl (C=O) groups is 3. The Morgan fingerprint density at radius 2 is 1.68 bits per heavy atom. The number of benzene rings is 3. The van der Waals surface area contributed by atoms with Gasteiger partial charge in [0.1, 0.15) is 5.54 Å². The summed E-state index contributed by atoms with van der Waals surface area (Å²) in [4.78, 5) is 52.3. The lowest BCUT2D eigenvalue weighted by Gasteiger charge is -2.31. The van der Waals surface area contributed by atoms with Crippen LogP contribution in [0.4, 0.5) is 11.4 Å². The molecule has 4 atom stereocenters. The molecule has 3 aromatic rings. The molecule has 192 valence electrons. The van der Waals surface area contributed by atoms with Crippen LogP contribution in [-0.4, -0.2) is 39.4 Å². The van der Waals surface area contributed by atoms with E-state index in [9.17, 15) is 29.6 Å². The number of aryl methyl sites for hydroxylation is 1. The van der Waals surface area contributed by atoms with E-state index in [1.165, 1.54) is 24.3 Å². The van der Waals surface area contributed by atoms with Crippen LogP contribution in [0.5, 0.6) is 0 Å². The molecule has 0 radical (unpaired) electrons. The van der Waals surface area contributed by atoms with E-state index in [1.807, 2.05) is 30.3 Å². The van der Waals surface area contributed by atoms with Gasteiger partial charge in [-0.05, 0) is 29.7 Å². The van der Waals surface area contributed by atoms with Gasteiger partial charge < -0.3 is 5.11 Å². The maximum Gasteiger partial charge on any atom is 0.325 e. The van der Waals surface area contributed by atoms with Gasteiger partial charge in [0, 0.05) is 24.6 Å². The highest BCUT2D eigenvalue weighted by Crippen LogP contribution is 2.47. The number of nitro benzene ring substituents is 1. The molecule has 0 spiro atoms. The molecule has 2 aliphatic heterocycles. The second-order valence-electron chi connectivity index (χ2n) is 9.62. The average Bonchev–Trinajstić information content (AvgIpc) is 3.37. The number of hydrogen-bond acceptors (Lipinski definition) is 6. The molecule has 2 saturated heterocycles. The summed E-state index contributed by atoms with van der Waals surface area (Å²) in [5.74, 6) is -4.45. The minimum absolute atomic E-state index is 0.128. The van der Waals surface area contributed by atoms with Crippen molar-refractivity contribution < 1.29 is 24.4 Å². The lowest BCUT2D eigenvalue weighted by molar-refractivity contribution is -0.384. The maximum atomic E-state index is 13.9. The topological polar surface area (TPSA) is 130 Å². The van der Waals surface area contributed by atoms with Gasteiger partial charge in [-0.1, -0.05) is 72.8 Å². The summed E-state index contributed by atoms with van der Waals surface area (Å²) in [6.45, 7) is 1.79. The Morgan fingerprint density at radius 3 is 2.32 bits per heavy atom. The van der Waals surface area contributed by atoms with Gasteiger partial charge in [0.25, 0.3) is 5.69 Å². The second kappa shape index (κ2) is 9.68. The van der Waals surface area contributed by atoms with E-state index in [4.69, 9.17) is 0 Å². The highest BCUT2D eigenvalue weighted by molar-refractivity contribution is 6.24. The van der Waals surface area contributed by atoms with Crippen LogP contribution in [0, 0.1) is 28.9 Å². The third-order valence-corrected chi connectivity index (χ3v) is 7.36. The summed E-state index contributed by atoms with van der Waals surface area (Å²) in [6.07, 6.45) is 3.39. The first-order valence-electron chi connectivity index (χ1n) is 12.1. The number of fused-ring (bicyclic) bond motifs is 1. The number of para-hydroxylation sites is 1. The number of carboxylic acids is 1. The van der Waals surface area contributed by atoms with Gasteiger partial charge >= 0.3 is 5.97 Å². The Morgan fingerprint density at radius 1 is 1.03 bits per heavy atom. The van der Waals surface area contributed by atoms with E-state index in [1.54, 1.807) is 43.3 Å². The van der Waals surface area contributed by atoms with Crippen molar-refractivity contribution in [1.29, 1.82) is 0 Å². The largest absolute Gasteiger partial charge is 0.480 e. The van der Waals surface area contributed by atoms with Crippen LogP contribution in [0.2, 0.25) is 0 Å². The fourth-order valence-corrected chi connectivity index (χ4v) is 5.54. The van der Waals surface area contributed by atoms with Crippen LogP contribution in [0.3, 0.4) is 0 Å². The lowest BCUT2D eigenvalue weighted by Crippen LogP contribution is -2.58. The monoisotopic (exact) mass is 511 g/mol. The Kier molecular flexibility index (Phi) is 6.38. The molecule has 4 unspecified atom stereocenters. The van der Waals surface area contributed by atoms with Crippen molar-refractivity contribution in [3.05, 3.63) is 112 Å². The zero-order valence-corrected chi connectivity index (χ0v) is 20.5. The van der Waals surface area contributed by atoms with E-state index < -0.39 is 46.1 Å². The van der Waals surface area contributed by atoms with E-state index in [0.717, 1.165) is 16.0 Å². The predicted octanol–water partition coefficient (Wildman–Crippen LogP) is 3.76. The number of hydrogen-bond donors (Lipinski definition) is 2. The Bertz CT molecular complexity index is 1450. The SMILES string of the molecule is Cc1ccccc1N1C(=O)C2C(/C=C/c3ccccc3)NC(Cc3ccc([N+](=O)[O-])cc3)(C(=O)O)C2C1=O. The van der Waals surface area contributed by atoms with Crippen LogP contribution in [0.25, 0.3) is 6.08 Å². The number of aliphatic carboxylic acids is 1. The van der Waals surface area contributed by atoms with Crippen LogP contribution < -0.4 is 10.2 Å². The van der Waals surface area contributed by atoms with Gasteiger partial charge in [-0.2, -0.15) is 0 Å². The predicted molar refractivity (Wildman–Crippen MR) is 140 cm³/mol. The minimum atomic E-state index is -1.81. The fourth-order valence-electron chi connectivity index (χ4n) is 5.54. The fraction of sp³-hybridized carbons (Fsp3) is 0.207.